The van der Waals surface area contributed by atoms with Crippen molar-refractivity contribution in [3.63, 3.8) is 0 Å². The number of hydrogen-bond donors (Lipinski definition) is 3. The first-order chi connectivity index (χ1) is 9.47. The van der Waals surface area contributed by atoms with E-state index in [0.717, 1.165) is 0 Å². The van der Waals surface area contributed by atoms with Gasteiger partial charge >= 0.3 is 0 Å². The monoisotopic (exact) mass is 278 g/mol. The molecule has 2 rings (SSSR count). The Hall–Kier alpha value is -2.15. The minimum absolute atomic E-state index is 0.0197. The van der Waals surface area contributed by atoms with E-state index in [1.165, 1.54) is 12.1 Å². The average Bonchev–Trinajstić information content (AvgIpc) is 2.86. The summed E-state index contributed by atoms with van der Waals surface area (Å²) >= 11 is 0. The number of aliphatic hydroxyl groups is 1. The molecule has 20 heavy (non-hydrogen) atoms. The van der Waals surface area contributed by atoms with Crippen molar-refractivity contribution < 1.29 is 10.0 Å². The zero-order valence-corrected chi connectivity index (χ0v) is 11.5. The summed E-state index contributed by atoms with van der Waals surface area (Å²) in [7, 11) is 0. The van der Waals surface area contributed by atoms with E-state index in [0.29, 0.717) is 36.4 Å². The lowest BCUT2D eigenvalue weighted by molar-refractivity contribution is -0.384. The third-order valence-electron chi connectivity index (χ3n) is 3.58. The number of fused-ring (bicyclic) bond motifs is 1. The average molecular weight is 278 g/mol. The third kappa shape index (κ3) is 2.88. The lowest BCUT2D eigenvalue weighted by atomic mass is 9.98. The Bertz CT molecular complexity index is 619. The van der Waals surface area contributed by atoms with Crippen LogP contribution < -0.4 is 5.32 Å². The van der Waals surface area contributed by atoms with Crippen LogP contribution in [0.1, 0.15) is 26.7 Å². The van der Waals surface area contributed by atoms with Gasteiger partial charge in [-0.15, -0.1) is 0 Å². The Balaban J connectivity index is 2.18. The molecule has 2 aromatic rings. The summed E-state index contributed by atoms with van der Waals surface area (Å²) in [5.74, 6) is 0.501. The molecule has 0 spiro atoms. The summed E-state index contributed by atoms with van der Waals surface area (Å²) in [6.07, 6.45) is 1.28. The van der Waals surface area contributed by atoms with Gasteiger partial charge in [-0.1, -0.05) is 13.8 Å². The van der Waals surface area contributed by atoms with Crippen molar-refractivity contribution in [2.45, 2.75) is 32.3 Å². The van der Waals surface area contributed by atoms with Crippen LogP contribution in [0, 0.1) is 10.1 Å². The lowest BCUT2D eigenvalue weighted by Gasteiger charge is -2.25. The third-order valence-corrected chi connectivity index (χ3v) is 3.58. The maximum atomic E-state index is 10.7. The number of aromatic amines is 1. The van der Waals surface area contributed by atoms with Crippen molar-refractivity contribution in [1.82, 2.24) is 9.97 Å². The Labute approximate surface area is 116 Å². The molecule has 0 radical (unpaired) electrons. The number of nitro benzene ring substituents is 1. The molecule has 0 saturated heterocycles. The number of nitrogens with one attached hydrogen (secondary N) is 2. The van der Waals surface area contributed by atoms with Crippen LogP contribution in [0.15, 0.2) is 18.2 Å². The van der Waals surface area contributed by atoms with Crippen LogP contribution >= 0.6 is 0 Å². The van der Waals surface area contributed by atoms with Crippen LogP contribution in [-0.2, 0) is 0 Å². The normalized spacial score (nSPS) is 11.8. The van der Waals surface area contributed by atoms with Crippen LogP contribution in [0.2, 0.25) is 0 Å². The fourth-order valence-electron chi connectivity index (χ4n) is 1.94. The van der Waals surface area contributed by atoms with Crippen molar-refractivity contribution in [2.24, 2.45) is 0 Å². The maximum Gasteiger partial charge on any atom is 0.271 e. The predicted molar refractivity (Wildman–Crippen MR) is 76.8 cm³/mol. The summed E-state index contributed by atoms with van der Waals surface area (Å²) in [6.45, 7) is 4.22. The number of anilines is 1. The van der Waals surface area contributed by atoms with E-state index in [-0.39, 0.29) is 5.69 Å². The van der Waals surface area contributed by atoms with Gasteiger partial charge in [0.2, 0.25) is 5.95 Å². The number of hydrogen-bond acceptors (Lipinski definition) is 5. The predicted octanol–water partition coefficient (Wildman–Crippen LogP) is 2.43. The highest BCUT2D eigenvalue weighted by atomic mass is 16.6. The van der Waals surface area contributed by atoms with E-state index in [9.17, 15) is 15.2 Å². The van der Waals surface area contributed by atoms with Gasteiger partial charge in [0.25, 0.3) is 5.69 Å². The van der Waals surface area contributed by atoms with E-state index < -0.39 is 10.5 Å². The zero-order valence-electron chi connectivity index (χ0n) is 11.5. The van der Waals surface area contributed by atoms with Crippen LogP contribution in [0.5, 0.6) is 0 Å². The van der Waals surface area contributed by atoms with Gasteiger partial charge in [-0.2, -0.15) is 0 Å². The zero-order chi connectivity index (χ0) is 14.8. The van der Waals surface area contributed by atoms with Gasteiger partial charge < -0.3 is 15.4 Å². The molecule has 7 heteroatoms. The van der Waals surface area contributed by atoms with Gasteiger partial charge in [0.15, 0.2) is 0 Å². The van der Waals surface area contributed by atoms with E-state index in [1.54, 1.807) is 6.07 Å². The van der Waals surface area contributed by atoms with Crippen LogP contribution in [0.3, 0.4) is 0 Å². The fourth-order valence-corrected chi connectivity index (χ4v) is 1.94. The summed E-state index contributed by atoms with van der Waals surface area (Å²) in [6, 6.07) is 4.46. The van der Waals surface area contributed by atoms with Crippen LogP contribution in [-0.4, -0.2) is 32.1 Å². The molecule has 0 saturated carbocycles. The van der Waals surface area contributed by atoms with Crippen molar-refractivity contribution in [1.29, 1.82) is 0 Å². The Kier molecular flexibility index (Phi) is 3.89. The number of benzene rings is 1. The highest BCUT2D eigenvalue weighted by Crippen LogP contribution is 2.21. The van der Waals surface area contributed by atoms with Gasteiger partial charge in [-0.25, -0.2) is 4.98 Å². The molecule has 0 fully saturated rings. The molecule has 0 atom stereocenters. The first-order valence-corrected chi connectivity index (χ1v) is 6.58. The largest absolute Gasteiger partial charge is 0.388 e. The highest BCUT2D eigenvalue weighted by molar-refractivity contribution is 5.79. The molecule has 0 aliphatic rings. The second kappa shape index (κ2) is 5.46. The molecule has 3 N–H and O–H groups in total. The quantitative estimate of drug-likeness (QED) is 0.556. The number of nitrogens with zero attached hydrogens (tertiary/aromatic N) is 2. The second-order valence-electron chi connectivity index (χ2n) is 4.83. The second-order valence-corrected chi connectivity index (χ2v) is 4.83. The van der Waals surface area contributed by atoms with E-state index >= 15 is 0 Å². The molecule has 0 bridgehead atoms. The number of H-pyrrole nitrogens is 1. The number of nitro groups is 1. The van der Waals surface area contributed by atoms with Gasteiger partial charge in [0.1, 0.15) is 0 Å². The fraction of sp³-hybridized carbons (Fsp3) is 0.462. The van der Waals surface area contributed by atoms with Gasteiger partial charge in [-0.3, -0.25) is 10.1 Å². The maximum absolute atomic E-state index is 10.7. The molecular formula is C13H18N4O3. The Morgan fingerprint density at radius 2 is 2.15 bits per heavy atom. The minimum atomic E-state index is -0.773. The molecule has 1 aromatic carbocycles. The summed E-state index contributed by atoms with van der Waals surface area (Å²) < 4.78 is 0. The number of aromatic nitrogens is 2. The minimum Gasteiger partial charge on any atom is -0.388 e. The van der Waals surface area contributed by atoms with Gasteiger partial charge in [-0.05, 0) is 18.9 Å². The van der Waals surface area contributed by atoms with Gasteiger partial charge in [0.05, 0.1) is 21.6 Å². The van der Waals surface area contributed by atoms with Crippen molar-refractivity contribution in [3.8, 4) is 0 Å². The number of rotatable bonds is 6. The van der Waals surface area contributed by atoms with Crippen molar-refractivity contribution >= 4 is 22.7 Å². The SMILES string of the molecule is CCC(O)(CC)CNc1nc2ccc([N+](=O)[O-])cc2[nH]1. The number of non-ortho nitro benzene ring substituents is 1. The first kappa shape index (κ1) is 14.3. The van der Waals surface area contributed by atoms with Crippen LogP contribution in [0.4, 0.5) is 11.6 Å². The molecule has 0 aliphatic heterocycles. The van der Waals surface area contributed by atoms with E-state index in [2.05, 4.69) is 15.3 Å². The number of imidazole rings is 1. The molecule has 1 heterocycles. The Morgan fingerprint density at radius 1 is 1.45 bits per heavy atom. The Morgan fingerprint density at radius 3 is 2.75 bits per heavy atom. The standard InChI is InChI=1S/C13H18N4O3/c1-3-13(18,4-2)8-14-12-15-10-6-5-9(17(19)20)7-11(10)16-12/h5-7,18H,3-4,8H2,1-2H3,(H2,14,15,16). The molecule has 108 valence electrons. The summed E-state index contributed by atoms with van der Waals surface area (Å²) in [5.41, 5.74) is 0.490. The van der Waals surface area contributed by atoms with Crippen molar-refractivity contribution in [2.75, 3.05) is 11.9 Å². The van der Waals surface area contributed by atoms with Crippen molar-refractivity contribution in [3.05, 3.63) is 28.3 Å². The topological polar surface area (TPSA) is 104 Å². The van der Waals surface area contributed by atoms with Crippen LogP contribution in [0.25, 0.3) is 11.0 Å². The smallest absolute Gasteiger partial charge is 0.271 e. The van der Waals surface area contributed by atoms with Gasteiger partial charge in [0, 0.05) is 18.7 Å². The lowest BCUT2D eigenvalue weighted by Crippen LogP contribution is -2.35. The molecule has 0 aliphatic carbocycles. The molecule has 7 nitrogen and oxygen atoms in total. The molecule has 0 unspecified atom stereocenters. The first-order valence-electron chi connectivity index (χ1n) is 6.58. The van der Waals surface area contributed by atoms with E-state index in [4.69, 9.17) is 0 Å². The van der Waals surface area contributed by atoms with E-state index in [1.807, 2.05) is 13.8 Å². The summed E-state index contributed by atoms with van der Waals surface area (Å²) in [5, 5.41) is 23.9. The highest BCUT2D eigenvalue weighted by Gasteiger charge is 2.22. The molecule has 1 aromatic heterocycles. The summed E-state index contributed by atoms with van der Waals surface area (Å²) in [4.78, 5) is 17.5. The molecular weight excluding hydrogens is 260 g/mol. The molecule has 0 amide bonds.